The number of alkyl halides is 2. The molecular formula is C41H48F4N8O6. The van der Waals surface area contributed by atoms with Crippen molar-refractivity contribution in [2.24, 2.45) is 0 Å². The van der Waals surface area contributed by atoms with Gasteiger partial charge < -0.3 is 40.4 Å². The van der Waals surface area contributed by atoms with Gasteiger partial charge in [-0.05, 0) is 64.2 Å². The topological polar surface area (TPSA) is 171 Å². The summed E-state index contributed by atoms with van der Waals surface area (Å²) in [7, 11) is 1.41. The Balaban J connectivity index is 1.04. The number of hydrogen-bond acceptors (Lipinski definition) is 10. The van der Waals surface area contributed by atoms with Crippen LogP contribution in [0.3, 0.4) is 0 Å². The minimum Gasteiger partial charge on any atom is -0.490 e. The molecule has 1 unspecified atom stereocenters. The predicted molar refractivity (Wildman–Crippen MR) is 212 cm³/mol. The third-order valence-corrected chi connectivity index (χ3v) is 10.7. The first-order chi connectivity index (χ1) is 28.2. The summed E-state index contributed by atoms with van der Waals surface area (Å²) < 4.78 is 64.6. The summed E-state index contributed by atoms with van der Waals surface area (Å²) in [4.78, 5) is 57.0. The molecule has 6 rings (SSSR count). The lowest BCUT2D eigenvalue weighted by molar-refractivity contribution is -0.138. The average molecular weight is 825 g/mol. The molecule has 0 radical (unpaired) electrons. The van der Waals surface area contributed by atoms with Crippen molar-refractivity contribution >= 4 is 52.1 Å². The van der Waals surface area contributed by atoms with E-state index in [2.05, 4.69) is 20.9 Å². The maximum atomic E-state index is 15.3. The smallest absolute Gasteiger partial charge is 0.280 e. The molecule has 2 aromatic heterocycles. The lowest BCUT2D eigenvalue weighted by Gasteiger charge is -2.40. The lowest BCUT2D eigenvalue weighted by Crippen LogP contribution is -2.49. The number of nitrogens with zero attached hydrogens (tertiary/aromatic N) is 5. The van der Waals surface area contributed by atoms with Gasteiger partial charge in [0.15, 0.2) is 0 Å². The second-order valence-corrected chi connectivity index (χ2v) is 15.2. The summed E-state index contributed by atoms with van der Waals surface area (Å²) in [6, 6.07) is 8.28. The van der Waals surface area contributed by atoms with E-state index in [9.17, 15) is 33.1 Å². The number of benzene rings is 2. The van der Waals surface area contributed by atoms with E-state index in [0.717, 1.165) is 12.1 Å². The number of amides is 3. The fourth-order valence-electron chi connectivity index (χ4n) is 7.48. The van der Waals surface area contributed by atoms with Crippen molar-refractivity contribution in [3.63, 3.8) is 0 Å². The number of piperidine rings is 2. The van der Waals surface area contributed by atoms with Gasteiger partial charge in [0.05, 0.1) is 46.6 Å². The van der Waals surface area contributed by atoms with Crippen molar-refractivity contribution in [1.82, 2.24) is 25.0 Å². The van der Waals surface area contributed by atoms with E-state index in [0.29, 0.717) is 43.1 Å². The number of aromatic nitrogens is 3. The van der Waals surface area contributed by atoms with Gasteiger partial charge in [-0.1, -0.05) is 6.07 Å². The molecule has 4 aromatic rings. The number of likely N-dealkylation sites (tertiary alicyclic amines) is 1. The summed E-state index contributed by atoms with van der Waals surface area (Å²) in [6.07, 6.45) is 0.891. The van der Waals surface area contributed by atoms with Crippen molar-refractivity contribution < 1.29 is 46.6 Å². The molecule has 18 heteroatoms. The highest BCUT2D eigenvalue weighted by atomic mass is 19.3. The molecule has 4 N–H and O–H groups in total. The Morgan fingerprint density at radius 2 is 1.76 bits per heavy atom. The van der Waals surface area contributed by atoms with Crippen molar-refractivity contribution in [1.29, 1.82) is 0 Å². The van der Waals surface area contributed by atoms with Crippen LogP contribution in [0.2, 0.25) is 0 Å². The number of carbonyl (C=O) groups excluding carboxylic acids is 4. The van der Waals surface area contributed by atoms with Crippen molar-refractivity contribution in [2.45, 2.75) is 89.0 Å². The van der Waals surface area contributed by atoms with Gasteiger partial charge in [-0.2, -0.15) is 5.10 Å². The van der Waals surface area contributed by atoms with Crippen LogP contribution in [0.1, 0.15) is 87.3 Å². The Morgan fingerprint density at radius 1 is 1.03 bits per heavy atom. The first kappa shape index (κ1) is 42.8. The highest BCUT2D eigenvalue weighted by Gasteiger charge is 2.37. The van der Waals surface area contributed by atoms with E-state index >= 15 is 8.78 Å². The van der Waals surface area contributed by atoms with Crippen LogP contribution >= 0.6 is 0 Å². The number of carbonyl (C=O) groups is 4. The summed E-state index contributed by atoms with van der Waals surface area (Å²) in [5, 5.41) is 24.5. The first-order valence-corrected chi connectivity index (χ1v) is 19.6. The number of pyridine rings is 1. The zero-order valence-electron chi connectivity index (χ0n) is 33.0. The maximum Gasteiger partial charge on any atom is 0.280 e. The summed E-state index contributed by atoms with van der Waals surface area (Å²) >= 11 is 0. The fraction of sp³-hybridized carbons (Fsp3) is 0.463. The number of nitrogens with one attached hydrogen (secondary N) is 3. The number of halogens is 4. The Kier molecular flexibility index (Phi) is 13.4. The molecule has 1 atom stereocenters. The van der Waals surface area contributed by atoms with Crippen molar-refractivity contribution in [3.05, 3.63) is 71.6 Å². The molecule has 316 valence electrons. The first-order valence-electron chi connectivity index (χ1n) is 19.6. The molecule has 0 spiro atoms. The van der Waals surface area contributed by atoms with Crippen molar-refractivity contribution in [3.8, 4) is 5.75 Å². The van der Waals surface area contributed by atoms with E-state index in [4.69, 9.17) is 9.84 Å². The second-order valence-electron chi connectivity index (χ2n) is 15.2. The van der Waals surface area contributed by atoms with E-state index in [-0.39, 0.29) is 91.8 Å². The van der Waals surface area contributed by atoms with Gasteiger partial charge in [0.2, 0.25) is 11.8 Å². The van der Waals surface area contributed by atoms with E-state index in [1.807, 2.05) is 24.7 Å². The summed E-state index contributed by atoms with van der Waals surface area (Å²) in [6.45, 7) is 4.82. The number of ether oxygens (including phenoxy) is 1. The highest BCUT2D eigenvalue weighted by molar-refractivity contribution is 6.08. The Labute approximate surface area is 338 Å². The number of fused-ring (bicyclic) bond motifs is 1. The van der Waals surface area contributed by atoms with Crippen LogP contribution in [-0.4, -0.2) is 99.8 Å². The molecule has 2 saturated heterocycles. The third-order valence-electron chi connectivity index (χ3n) is 10.7. The minimum absolute atomic E-state index is 0.00230. The summed E-state index contributed by atoms with van der Waals surface area (Å²) in [5.41, 5.74) is -1.25. The Hall–Kier alpha value is -5.78. The van der Waals surface area contributed by atoms with Gasteiger partial charge in [0.25, 0.3) is 12.3 Å². The number of likely N-dealkylation sites (N-methyl/N-ethyl adjacent to an activating group) is 1. The van der Waals surface area contributed by atoms with Crippen LogP contribution in [-0.2, 0) is 14.4 Å². The lowest BCUT2D eigenvalue weighted by atomic mass is 9.87. The molecule has 2 aliphatic heterocycles. The zero-order chi connectivity index (χ0) is 42.4. The van der Waals surface area contributed by atoms with Gasteiger partial charge in [-0.25, -0.2) is 22.5 Å². The van der Waals surface area contributed by atoms with E-state index in [1.54, 1.807) is 21.9 Å². The van der Waals surface area contributed by atoms with E-state index < -0.39 is 47.2 Å². The van der Waals surface area contributed by atoms with Crippen molar-refractivity contribution in [2.75, 3.05) is 48.8 Å². The standard InChI is InChI=1S/C41H48F4N8O6/c1-24(2)59-35-21-32-25(18-27(35)39(56)49-36-8-4-6-30(48-36)38(44)45)23-53(50-32)26-9-13-52(14-10-26)37(55)22-41(58)11-15-51(16-12-41)34-20-28(42)33(19-29(34)43)47-31(7-5-17-54)40(57)46-3/h4,6,8,17-21,23-24,26,31,38,47,58H,5,7,9-16,22H2,1-3H3,(H,46,57)(H,48,49,56). The zero-order valence-corrected chi connectivity index (χ0v) is 33.0. The molecule has 14 nitrogen and oxygen atoms in total. The number of rotatable bonds is 15. The molecule has 2 aliphatic rings. The maximum absolute atomic E-state index is 15.3. The average Bonchev–Trinajstić information content (AvgIpc) is 3.63. The summed E-state index contributed by atoms with van der Waals surface area (Å²) in [5.74, 6) is -2.52. The number of aliphatic hydroxyl groups is 1. The van der Waals surface area contributed by atoms with Crippen LogP contribution in [0.4, 0.5) is 34.8 Å². The predicted octanol–water partition coefficient (Wildman–Crippen LogP) is 5.78. The fourth-order valence-corrected chi connectivity index (χ4v) is 7.48. The molecule has 59 heavy (non-hydrogen) atoms. The minimum atomic E-state index is -2.79. The molecule has 4 heterocycles. The molecule has 2 aromatic carbocycles. The van der Waals surface area contributed by atoms with Crippen LogP contribution < -0.4 is 25.6 Å². The number of aldehydes is 1. The monoisotopic (exact) mass is 824 g/mol. The van der Waals surface area contributed by atoms with Crippen LogP contribution in [0.15, 0.2) is 48.7 Å². The van der Waals surface area contributed by atoms with Gasteiger partial charge in [-0.15, -0.1) is 0 Å². The quantitative estimate of drug-likeness (QED) is 0.0852. The van der Waals surface area contributed by atoms with Gasteiger partial charge in [0.1, 0.15) is 41.2 Å². The molecular weight excluding hydrogens is 776 g/mol. The van der Waals surface area contributed by atoms with Gasteiger partial charge in [0, 0.05) is 69.4 Å². The Bertz CT molecular complexity index is 2170. The molecule has 0 bridgehead atoms. The molecule has 0 aliphatic carbocycles. The molecule has 0 saturated carbocycles. The van der Waals surface area contributed by atoms with Crippen LogP contribution in [0, 0.1) is 11.6 Å². The van der Waals surface area contributed by atoms with Gasteiger partial charge >= 0.3 is 0 Å². The van der Waals surface area contributed by atoms with Crippen LogP contribution in [0.25, 0.3) is 10.9 Å². The third kappa shape index (κ3) is 10.3. The Morgan fingerprint density at radius 3 is 2.42 bits per heavy atom. The van der Waals surface area contributed by atoms with Gasteiger partial charge in [-0.3, -0.25) is 19.1 Å². The molecule has 2 fully saturated rings. The van der Waals surface area contributed by atoms with E-state index in [1.165, 1.54) is 25.2 Å². The number of hydrogen-bond donors (Lipinski definition) is 4. The largest absolute Gasteiger partial charge is 0.490 e. The molecule has 3 amide bonds. The normalized spacial score (nSPS) is 16.3. The number of anilines is 3. The SMILES string of the molecule is CNC(=O)C(CCC=O)Nc1cc(F)c(N2CCC(O)(CC(=O)N3CCC(n4cc5cc(C(=O)Nc6cccc(C(F)F)n6)c(OC(C)C)cc5n4)CC3)CC2)cc1F. The second kappa shape index (κ2) is 18.4. The van der Waals surface area contributed by atoms with Crippen LogP contribution in [0.5, 0.6) is 5.75 Å². The highest BCUT2D eigenvalue weighted by Crippen LogP contribution is 2.35.